The topological polar surface area (TPSA) is 74.2 Å². The van der Waals surface area contributed by atoms with Gasteiger partial charge in [-0.05, 0) is 25.0 Å². The van der Waals surface area contributed by atoms with Crippen LogP contribution in [-0.2, 0) is 19.4 Å². The molecule has 2 aromatic rings. The summed E-state index contributed by atoms with van der Waals surface area (Å²) in [6, 6.07) is 5.63. The number of benzene rings is 1. The Morgan fingerprint density at radius 1 is 1.38 bits per heavy atom. The summed E-state index contributed by atoms with van der Waals surface area (Å²) in [6.45, 7) is 4.24. The van der Waals surface area contributed by atoms with Gasteiger partial charge in [0.25, 0.3) is 5.89 Å². The molecule has 0 amide bonds. The fourth-order valence-electron chi connectivity index (χ4n) is 1.91. The molecule has 2 N–H and O–H groups in total. The van der Waals surface area contributed by atoms with Crippen molar-refractivity contribution < 1.29 is 9.26 Å². The molecule has 1 unspecified atom stereocenters. The van der Waals surface area contributed by atoms with Crippen LogP contribution in [0.3, 0.4) is 0 Å². The third kappa shape index (κ3) is 4.19. The molecule has 0 fully saturated rings. The van der Waals surface area contributed by atoms with Crippen LogP contribution in [0.4, 0.5) is 0 Å². The fourth-order valence-corrected chi connectivity index (χ4v) is 2.15. The minimum atomic E-state index is 0.0577. The minimum Gasteiger partial charge on any atom is -0.483 e. The number of aromatic nitrogens is 2. The van der Waals surface area contributed by atoms with E-state index in [0.717, 1.165) is 18.4 Å². The number of ether oxygens (including phenoxy) is 1. The molecule has 0 radical (unpaired) electrons. The van der Waals surface area contributed by atoms with Crippen molar-refractivity contribution in [3.8, 4) is 5.75 Å². The van der Waals surface area contributed by atoms with Crippen LogP contribution in [0, 0.1) is 0 Å². The van der Waals surface area contributed by atoms with E-state index in [9.17, 15) is 0 Å². The second-order valence-electron chi connectivity index (χ2n) is 4.84. The van der Waals surface area contributed by atoms with Gasteiger partial charge in [0.05, 0.1) is 0 Å². The Kier molecular flexibility index (Phi) is 5.59. The van der Waals surface area contributed by atoms with Crippen LogP contribution in [0.1, 0.15) is 37.5 Å². The Morgan fingerprint density at radius 3 is 2.86 bits per heavy atom. The average molecular weight is 310 g/mol. The van der Waals surface area contributed by atoms with Crippen LogP contribution < -0.4 is 10.5 Å². The molecule has 5 nitrogen and oxygen atoms in total. The predicted octanol–water partition coefficient (Wildman–Crippen LogP) is 3.14. The first-order valence-electron chi connectivity index (χ1n) is 7.11. The van der Waals surface area contributed by atoms with Gasteiger partial charge in [-0.25, -0.2) is 0 Å². The molecular formula is C15H20ClN3O2. The highest BCUT2D eigenvalue weighted by Crippen LogP contribution is 2.28. The van der Waals surface area contributed by atoms with Crippen molar-refractivity contribution in [2.45, 2.75) is 45.8 Å². The minimum absolute atomic E-state index is 0.0577. The van der Waals surface area contributed by atoms with E-state index in [2.05, 4.69) is 10.1 Å². The lowest BCUT2D eigenvalue weighted by atomic mass is 10.0. The van der Waals surface area contributed by atoms with Gasteiger partial charge in [0.2, 0.25) is 0 Å². The maximum Gasteiger partial charge on any atom is 0.264 e. The van der Waals surface area contributed by atoms with Crippen LogP contribution in [0.2, 0.25) is 5.02 Å². The smallest absolute Gasteiger partial charge is 0.264 e. The zero-order valence-electron chi connectivity index (χ0n) is 12.3. The number of nitrogens with two attached hydrogens (primary N) is 1. The van der Waals surface area contributed by atoms with Gasteiger partial charge < -0.3 is 15.0 Å². The van der Waals surface area contributed by atoms with E-state index < -0.39 is 0 Å². The van der Waals surface area contributed by atoms with Gasteiger partial charge in [0.1, 0.15) is 5.75 Å². The Morgan fingerprint density at radius 2 is 2.19 bits per heavy atom. The summed E-state index contributed by atoms with van der Waals surface area (Å²) in [5, 5.41) is 4.50. The van der Waals surface area contributed by atoms with Crippen LogP contribution in [0.25, 0.3) is 0 Å². The molecule has 0 aliphatic carbocycles. The average Bonchev–Trinajstić information content (AvgIpc) is 2.95. The van der Waals surface area contributed by atoms with Gasteiger partial charge in [0.15, 0.2) is 12.4 Å². The zero-order valence-corrected chi connectivity index (χ0v) is 13.1. The molecule has 1 aromatic heterocycles. The molecular weight excluding hydrogens is 290 g/mol. The van der Waals surface area contributed by atoms with Gasteiger partial charge >= 0.3 is 0 Å². The number of rotatable bonds is 7. The highest BCUT2D eigenvalue weighted by Gasteiger charge is 2.13. The summed E-state index contributed by atoms with van der Waals surface area (Å²) in [7, 11) is 0. The van der Waals surface area contributed by atoms with Gasteiger partial charge in [-0.15, -0.1) is 0 Å². The lowest BCUT2D eigenvalue weighted by Crippen LogP contribution is -2.22. The Labute approximate surface area is 129 Å². The van der Waals surface area contributed by atoms with Gasteiger partial charge in [-0.1, -0.05) is 36.7 Å². The van der Waals surface area contributed by atoms with E-state index in [0.29, 0.717) is 28.9 Å². The normalized spacial score (nSPS) is 12.4. The molecule has 1 aromatic carbocycles. The van der Waals surface area contributed by atoms with E-state index in [4.69, 9.17) is 26.6 Å². The first-order chi connectivity index (χ1) is 10.1. The molecule has 114 valence electrons. The molecule has 6 heteroatoms. The maximum atomic E-state index is 6.25. The van der Waals surface area contributed by atoms with Crippen molar-refractivity contribution >= 4 is 11.6 Å². The number of aryl methyl sites for hydroxylation is 1. The Bertz CT molecular complexity index is 586. The first kappa shape index (κ1) is 15.8. The molecule has 0 saturated heterocycles. The summed E-state index contributed by atoms with van der Waals surface area (Å²) < 4.78 is 10.9. The SMILES string of the molecule is CCc1noc(COc2cccc(Cl)c2CC(N)CC)n1. The van der Waals surface area contributed by atoms with Crippen molar-refractivity contribution in [1.82, 2.24) is 10.1 Å². The summed E-state index contributed by atoms with van der Waals surface area (Å²) in [5.74, 6) is 1.84. The third-order valence-corrected chi connectivity index (χ3v) is 3.60. The second-order valence-corrected chi connectivity index (χ2v) is 5.24. The molecule has 0 spiro atoms. The Balaban J connectivity index is 2.10. The monoisotopic (exact) mass is 309 g/mol. The fraction of sp³-hybridized carbons (Fsp3) is 0.467. The lowest BCUT2D eigenvalue weighted by molar-refractivity contribution is 0.240. The molecule has 0 aliphatic rings. The standard InChI is InChI=1S/C15H20ClN3O2/c1-3-10(17)8-11-12(16)6-5-7-13(11)20-9-15-18-14(4-2)19-21-15/h5-7,10H,3-4,8-9,17H2,1-2H3. The van der Waals surface area contributed by atoms with E-state index in [1.54, 1.807) is 0 Å². The quantitative estimate of drug-likeness (QED) is 0.850. The molecule has 21 heavy (non-hydrogen) atoms. The summed E-state index contributed by atoms with van der Waals surface area (Å²) in [4.78, 5) is 4.21. The van der Waals surface area contributed by atoms with Gasteiger partial charge in [0, 0.05) is 23.0 Å². The van der Waals surface area contributed by atoms with E-state index >= 15 is 0 Å². The van der Waals surface area contributed by atoms with Crippen molar-refractivity contribution in [2.24, 2.45) is 5.73 Å². The largest absolute Gasteiger partial charge is 0.483 e. The number of nitrogens with zero attached hydrogens (tertiary/aromatic N) is 2. The number of halogens is 1. The predicted molar refractivity (Wildman–Crippen MR) is 81.4 cm³/mol. The van der Waals surface area contributed by atoms with Crippen molar-refractivity contribution in [3.63, 3.8) is 0 Å². The third-order valence-electron chi connectivity index (χ3n) is 3.24. The summed E-state index contributed by atoms with van der Waals surface area (Å²) in [6.07, 6.45) is 2.29. The van der Waals surface area contributed by atoms with Crippen molar-refractivity contribution in [1.29, 1.82) is 0 Å². The van der Waals surface area contributed by atoms with E-state index in [1.165, 1.54) is 0 Å². The van der Waals surface area contributed by atoms with Crippen molar-refractivity contribution in [2.75, 3.05) is 0 Å². The highest BCUT2D eigenvalue weighted by atomic mass is 35.5. The molecule has 1 heterocycles. The number of hydrogen-bond donors (Lipinski definition) is 1. The lowest BCUT2D eigenvalue weighted by Gasteiger charge is -2.15. The zero-order chi connectivity index (χ0) is 15.2. The maximum absolute atomic E-state index is 6.25. The molecule has 1 atom stereocenters. The van der Waals surface area contributed by atoms with E-state index in [-0.39, 0.29) is 12.6 Å². The molecule has 0 saturated carbocycles. The number of hydrogen-bond acceptors (Lipinski definition) is 5. The van der Waals surface area contributed by atoms with Crippen LogP contribution in [0.15, 0.2) is 22.7 Å². The first-order valence-corrected chi connectivity index (χ1v) is 7.49. The second kappa shape index (κ2) is 7.43. The molecule has 0 bridgehead atoms. The molecule has 2 rings (SSSR count). The van der Waals surface area contributed by atoms with E-state index in [1.807, 2.05) is 32.0 Å². The van der Waals surface area contributed by atoms with Crippen LogP contribution in [-0.4, -0.2) is 16.2 Å². The summed E-state index contributed by atoms with van der Waals surface area (Å²) >= 11 is 6.25. The van der Waals surface area contributed by atoms with Gasteiger partial charge in [-0.3, -0.25) is 0 Å². The highest BCUT2D eigenvalue weighted by molar-refractivity contribution is 6.31. The van der Waals surface area contributed by atoms with Crippen molar-refractivity contribution in [3.05, 3.63) is 40.5 Å². The van der Waals surface area contributed by atoms with Crippen LogP contribution in [0.5, 0.6) is 5.75 Å². The summed E-state index contributed by atoms with van der Waals surface area (Å²) in [5.41, 5.74) is 6.94. The molecule has 0 aliphatic heterocycles. The van der Waals surface area contributed by atoms with Crippen LogP contribution >= 0.6 is 11.6 Å². The van der Waals surface area contributed by atoms with Gasteiger partial charge in [-0.2, -0.15) is 4.98 Å². The Hall–Kier alpha value is -1.59.